The van der Waals surface area contributed by atoms with Crippen molar-refractivity contribution >= 4 is 22.5 Å². The van der Waals surface area contributed by atoms with Crippen LogP contribution in [0.3, 0.4) is 0 Å². The molecule has 1 aliphatic rings. The number of amides is 1. The van der Waals surface area contributed by atoms with E-state index in [1.54, 1.807) is 37.3 Å². The number of nitrogens with zero attached hydrogens (tertiary/aromatic N) is 2. The van der Waals surface area contributed by atoms with Crippen molar-refractivity contribution in [2.45, 2.75) is 12.5 Å². The Labute approximate surface area is 195 Å². The summed E-state index contributed by atoms with van der Waals surface area (Å²) in [5.41, 5.74) is 3.61. The van der Waals surface area contributed by atoms with Gasteiger partial charge in [-0.15, -0.1) is 0 Å². The Balaban J connectivity index is 1.62. The monoisotopic (exact) mass is 457 g/mol. The molecule has 1 aromatic heterocycles. The smallest absolute Gasteiger partial charge is 0.293 e. The predicted molar refractivity (Wildman–Crippen MR) is 128 cm³/mol. The van der Waals surface area contributed by atoms with E-state index in [2.05, 4.69) is 4.98 Å². The molecule has 0 radical (unpaired) electrons. The van der Waals surface area contributed by atoms with Crippen LogP contribution in [-0.4, -0.2) is 41.5 Å². The number of aromatic nitrogens is 1. The van der Waals surface area contributed by atoms with Crippen LogP contribution in [0.1, 0.15) is 33.2 Å². The first kappa shape index (κ1) is 21.5. The topological polar surface area (TPSA) is 97.7 Å². The zero-order valence-corrected chi connectivity index (χ0v) is 18.8. The second-order valence-electron chi connectivity index (χ2n) is 8.15. The highest BCUT2D eigenvalue weighted by atomic mass is 16.6. The molecule has 0 spiro atoms. The Bertz CT molecular complexity index is 1400. The number of carbonyl (C=O) groups excluding carboxylic acids is 1. The van der Waals surface area contributed by atoms with Crippen molar-refractivity contribution in [1.29, 1.82) is 0 Å². The third-order valence-corrected chi connectivity index (χ3v) is 6.31. The number of aromatic amines is 1. The van der Waals surface area contributed by atoms with E-state index >= 15 is 0 Å². The van der Waals surface area contributed by atoms with E-state index in [1.165, 1.54) is 6.07 Å². The first-order chi connectivity index (χ1) is 16.5. The van der Waals surface area contributed by atoms with Crippen LogP contribution in [0.4, 0.5) is 5.69 Å². The molecule has 0 fully saturated rings. The van der Waals surface area contributed by atoms with Gasteiger partial charge < -0.3 is 19.4 Å². The fourth-order valence-electron chi connectivity index (χ4n) is 4.72. The van der Waals surface area contributed by atoms with Crippen molar-refractivity contribution in [3.8, 4) is 11.5 Å². The van der Waals surface area contributed by atoms with Crippen LogP contribution in [0.2, 0.25) is 0 Å². The van der Waals surface area contributed by atoms with Gasteiger partial charge in [-0.1, -0.05) is 42.5 Å². The van der Waals surface area contributed by atoms with Crippen LogP contribution in [0.5, 0.6) is 11.5 Å². The first-order valence-corrected chi connectivity index (χ1v) is 10.9. The summed E-state index contributed by atoms with van der Waals surface area (Å²) in [7, 11) is 3.19. The number of H-pyrrole nitrogens is 1. The Morgan fingerprint density at radius 2 is 1.76 bits per heavy atom. The molecule has 1 unspecified atom stereocenters. The van der Waals surface area contributed by atoms with Crippen molar-refractivity contribution in [2.24, 2.45) is 0 Å². The summed E-state index contributed by atoms with van der Waals surface area (Å²) in [6.45, 7) is 0.484. The van der Waals surface area contributed by atoms with Gasteiger partial charge in [-0.3, -0.25) is 14.9 Å². The number of nitrogens with one attached hydrogen (secondary N) is 1. The molecular weight excluding hydrogens is 434 g/mol. The molecule has 5 rings (SSSR count). The summed E-state index contributed by atoms with van der Waals surface area (Å²) in [6, 6.07) is 19.8. The number of hydrogen-bond acceptors (Lipinski definition) is 5. The summed E-state index contributed by atoms with van der Waals surface area (Å²) in [4.78, 5) is 29.6. The van der Waals surface area contributed by atoms with Crippen molar-refractivity contribution in [2.75, 3.05) is 20.8 Å². The molecule has 2 heterocycles. The lowest BCUT2D eigenvalue weighted by atomic mass is 9.87. The molecule has 1 amide bonds. The molecule has 0 bridgehead atoms. The highest BCUT2D eigenvalue weighted by Crippen LogP contribution is 2.41. The first-order valence-electron chi connectivity index (χ1n) is 10.9. The van der Waals surface area contributed by atoms with Gasteiger partial charge >= 0.3 is 0 Å². The molecule has 1 N–H and O–H groups in total. The normalized spacial score (nSPS) is 15.1. The Kier molecular flexibility index (Phi) is 5.41. The van der Waals surface area contributed by atoms with Gasteiger partial charge in [-0.25, -0.2) is 0 Å². The standard InChI is InChI=1S/C26H23N3O5/c1-33-22-14-17-11-12-28(25(16-7-4-3-5-8-16)19(17)15-23(22)34-2)26(30)20-13-18-9-6-10-21(29(31)32)24(18)27-20/h3-10,13-15,25,27H,11-12H2,1-2H3. The zero-order valence-electron chi connectivity index (χ0n) is 18.8. The number of hydrogen-bond donors (Lipinski definition) is 1. The number of carbonyl (C=O) groups is 1. The largest absolute Gasteiger partial charge is 0.493 e. The van der Waals surface area contributed by atoms with E-state index in [-0.39, 0.29) is 17.6 Å². The van der Waals surface area contributed by atoms with Gasteiger partial charge in [0.25, 0.3) is 11.6 Å². The van der Waals surface area contributed by atoms with Crippen molar-refractivity contribution in [3.05, 3.63) is 99.2 Å². The molecule has 3 aromatic carbocycles. The summed E-state index contributed by atoms with van der Waals surface area (Å²) in [5.74, 6) is 1.02. The molecule has 34 heavy (non-hydrogen) atoms. The lowest BCUT2D eigenvalue weighted by molar-refractivity contribution is -0.383. The number of methoxy groups -OCH3 is 2. The highest BCUT2D eigenvalue weighted by molar-refractivity contribution is 6.00. The number of non-ortho nitro benzene ring substituents is 1. The number of para-hydroxylation sites is 1. The fourth-order valence-corrected chi connectivity index (χ4v) is 4.72. The Morgan fingerprint density at radius 3 is 2.47 bits per heavy atom. The fraction of sp³-hybridized carbons (Fsp3) is 0.192. The molecule has 8 nitrogen and oxygen atoms in total. The molecule has 0 saturated heterocycles. The average molecular weight is 457 g/mol. The van der Waals surface area contributed by atoms with Crippen molar-refractivity contribution in [1.82, 2.24) is 9.88 Å². The molecule has 4 aromatic rings. The lowest BCUT2D eigenvalue weighted by Gasteiger charge is -2.38. The number of nitro groups is 1. The van der Waals surface area contributed by atoms with E-state index < -0.39 is 4.92 Å². The molecule has 8 heteroatoms. The Hall–Kier alpha value is -4.33. The molecule has 172 valence electrons. The zero-order chi connectivity index (χ0) is 23.8. The van der Waals surface area contributed by atoms with Gasteiger partial charge in [0.05, 0.1) is 25.2 Å². The van der Waals surface area contributed by atoms with E-state index in [0.29, 0.717) is 41.1 Å². The second kappa shape index (κ2) is 8.55. The van der Waals surface area contributed by atoms with Crippen LogP contribution in [0, 0.1) is 10.1 Å². The van der Waals surface area contributed by atoms with Gasteiger partial charge in [-0.05, 0) is 41.3 Å². The van der Waals surface area contributed by atoms with Crippen LogP contribution in [0.25, 0.3) is 10.9 Å². The van der Waals surface area contributed by atoms with Gasteiger partial charge in [0.2, 0.25) is 0 Å². The number of ether oxygens (including phenoxy) is 2. The van der Waals surface area contributed by atoms with E-state index in [0.717, 1.165) is 16.7 Å². The summed E-state index contributed by atoms with van der Waals surface area (Å²) in [5, 5.41) is 12.1. The van der Waals surface area contributed by atoms with Crippen molar-refractivity contribution < 1.29 is 19.2 Å². The average Bonchev–Trinajstić information content (AvgIpc) is 3.31. The molecule has 1 aliphatic heterocycles. The summed E-state index contributed by atoms with van der Waals surface area (Å²) < 4.78 is 11.0. The number of fused-ring (bicyclic) bond motifs is 2. The maximum absolute atomic E-state index is 13.8. The number of rotatable bonds is 5. The third kappa shape index (κ3) is 3.53. The SMILES string of the molecule is COc1cc2c(cc1OC)C(c1ccccc1)N(C(=O)c1cc3cccc([N+](=O)[O-])c3[nH]1)CC2. The van der Waals surface area contributed by atoms with Gasteiger partial charge in [0.15, 0.2) is 11.5 Å². The summed E-state index contributed by atoms with van der Waals surface area (Å²) >= 11 is 0. The third-order valence-electron chi connectivity index (χ3n) is 6.31. The van der Waals surface area contributed by atoms with Gasteiger partial charge in [0, 0.05) is 18.0 Å². The maximum atomic E-state index is 13.8. The van der Waals surface area contributed by atoms with E-state index in [1.807, 2.05) is 42.5 Å². The summed E-state index contributed by atoms with van der Waals surface area (Å²) in [6.07, 6.45) is 0.644. The van der Waals surface area contributed by atoms with Gasteiger partial charge in [-0.2, -0.15) is 0 Å². The maximum Gasteiger partial charge on any atom is 0.293 e. The predicted octanol–water partition coefficient (Wildman–Crippen LogP) is 4.88. The molecule has 0 aliphatic carbocycles. The molecular formula is C26H23N3O5. The quantitative estimate of drug-likeness (QED) is 0.340. The van der Waals surface area contributed by atoms with E-state index in [9.17, 15) is 14.9 Å². The second-order valence-corrected chi connectivity index (χ2v) is 8.15. The highest BCUT2D eigenvalue weighted by Gasteiger charge is 2.34. The van der Waals surface area contributed by atoms with Crippen LogP contribution >= 0.6 is 0 Å². The Morgan fingerprint density at radius 1 is 1.03 bits per heavy atom. The number of nitro benzene ring substituents is 1. The van der Waals surface area contributed by atoms with Crippen molar-refractivity contribution in [3.63, 3.8) is 0 Å². The van der Waals surface area contributed by atoms with Crippen LogP contribution in [-0.2, 0) is 6.42 Å². The van der Waals surface area contributed by atoms with E-state index in [4.69, 9.17) is 9.47 Å². The minimum atomic E-state index is -0.448. The van der Waals surface area contributed by atoms with Crippen LogP contribution in [0.15, 0.2) is 66.7 Å². The molecule has 0 saturated carbocycles. The number of benzene rings is 3. The minimum absolute atomic E-state index is 0.0584. The lowest BCUT2D eigenvalue weighted by Crippen LogP contribution is -2.40. The van der Waals surface area contributed by atoms with Gasteiger partial charge in [0.1, 0.15) is 11.2 Å². The minimum Gasteiger partial charge on any atom is -0.493 e. The van der Waals surface area contributed by atoms with Crippen LogP contribution < -0.4 is 9.47 Å². The molecule has 1 atom stereocenters.